The molecule has 0 aromatic carbocycles. The number of hydrogen-bond acceptors (Lipinski definition) is 4. The molecule has 1 unspecified atom stereocenters. The molecule has 0 radical (unpaired) electrons. The van der Waals surface area contributed by atoms with E-state index in [1.807, 2.05) is 32.9 Å². The van der Waals surface area contributed by atoms with E-state index in [1.54, 1.807) is 11.3 Å². The average Bonchev–Trinajstić information content (AvgIpc) is 3.10. The van der Waals surface area contributed by atoms with Crippen LogP contribution in [0.4, 0.5) is 4.79 Å². The summed E-state index contributed by atoms with van der Waals surface area (Å²) >= 11 is 7.49. The van der Waals surface area contributed by atoms with E-state index in [4.69, 9.17) is 16.3 Å². The first-order valence-electron chi connectivity index (χ1n) is 7.28. The fourth-order valence-corrected chi connectivity index (χ4v) is 3.15. The average molecular weight is 331 g/mol. The topological polar surface area (TPSA) is 50.4 Å². The third-order valence-corrected chi connectivity index (χ3v) is 4.42. The van der Waals surface area contributed by atoms with Crippen LogP contribution >= 0.6 is 22.9 Å². The van der Waals surface area contributed by atoms with Gasteiger partial charge in [-0.05, 0) is 51.7 Å². The van der Waals surface area contributed by atoms with Gasteiger partial charge in [0.25, 0.3) is 0 Å². The van der Waals surface area contributed by atoms with Gasteiger partial charge < -0.3 is 15.4 Å². The molecule has 0 aliphatic heterocycles. The molecule has 1 aliphatic carbocycles. The number of thiophene rings is 1. The van der Waals surface area contributed by atoms with Gasteiger partial charge in [0.1, 0.15) is 5.60 Å². The lowest BCUT2D eigenvalue weighted by molar-refractivity contribution is 0.0497. The number of nitrogens with one attached hydrogen (secondary N) is 2. The SMILES string of the molecule is CC(C)(C)OC(=O)NC(CNCc1ccc(Cl)s1)C1CC1. The summed E-state index contributed by atoms with van der Waals surface area (Å²) in [4.78, 5) is 13.1. The molecular formula is C15H23ClN2O2S. The lowest BCUT2D eigenvalue weighted by Gasteiger charge is -2.23. The second-order valence-electron chi connectivity index (χ2n) is 6.43. The van der Waals surface area contributed by atoms with E-state index in [1.165, 1.54) is 17.7 Å². The van der Waals surface area contributed by atoms with Gasteiger partial charge in [0, 0.05) is 24.0 Å². The Balaban J connectivity index is 1.76. The fraction of sp³-hybridized carbons (Fsp3) is 0.667. The Morgan fingerprint density at radius 1 is 1.48 bits per heavy atom. The first-order valence-corrected chi connectivity index (χ1v) is 8.47. The lowest BCUT2D eigenvalue weighted by Crippen LogP contribution is -2.45. The Morgan fingerprint density at radius 3 is 2.71 bits per heavy atom. The minimum Gasteiger partial charge on any atom is -0.444 e. The summed E-state index contributed by atoms with van der Waals surface area (Å²) in [6, 6.07) is 4.06. The fourth-order valence-electron chi connectivity index (χ4n) is 2.09. The van der Waals surface area contributed by atoms with Crippen molar-refractivity contribution in [1.29, 1.82) is 0 Å². The van der Waals surface area contributed by atoms with Crippen LogP contribution in [0.2, 0.25) is 4.34 Å². The summed E-state index contributed by atoms with van der Waals surface area (Å²) in [5, 5.41) is 6.37. The zero-order valence-corrected chi connectivity index (χ0v) is 14.3. The summed E-state index contributed by atoms with van der Waals surface area (Å²) in [5.74, 6) is 0.567. The summed E-state index contributed by atoms with van der Waals surface area (Å²) in [6.45, 7) is 7.14. The predicted molar refractivity (Wildman–Crippen MR) is 86.9 cm³/mol. The summed E-state index contributed by atoms with van der Waals surface area (Å²) in [5.41, 5.74) is -0.459. The van der Waals surface area contributed by atoms with Crippen molar-refractivity contribution < 1.29 is 9.53 Å². The van der Waals surface area contributed by atoms with Gasteiger partial charge >= 0.3 is 6.09 Å². The zero-order valence-electron chi connectivity index (χ0n) is 12.7. The van der Waals surface area contributed by atoms with Crippen molar-refractivity contribution in [2.24, 2.45) is 5.92 Å². The van der Waals surface area contributed by atoms with Crippen LogP contribution in [0, 0.1) is 5.92 Å². The van der Waals surface area contributed by atoms with Crippen LogP contribution in [-0.2, 0) is 11.3 Å². The van der Waals surface area contributed by atoms with Crippen LogP contribution in [0.5, 0.6) is 0 Å². The molecule has 1 fully saturated rings. The third-order valence-electron chi connectivity index (χ3n) is 3.19. The first-order chi connectivity index (χ1) is 9.83. The molecule has 0 bridgehead atoms. The zero-order chi connectivity index (χ0) is 15.5. The van der Waals surface area contributed by atoms with E-state index >= 15 is 0 Å². The highest BCUT2D eigenvalue weighted by Gasteiger charge is 2.33. The lowest BCUT2D eigenvalue weighted by atomic mass is 10.2. The molecule has 118 valence electrons. The summed E-state index contributed by atoms with van der Waals surface area (Å²) in [7, 11) is 0. The molecule has 21 heavy (non-hydrogen) atoms. The number of carbonyl (C=O) groups excluding carboxylic acids is 1. The van der Waals surface area contributed by atoms with Gasteiger partial charge in [-0.3, -0.25) is 0 Å². The van der Waals surface area contributed by atoms with Crippen LogP contribution in [0.25, 0.3) is 0 Å². The van der Waals surface area contributed by atoms with E-state index in [-0.39, 0.29) is 12.1 Å². The minimum atomic E-state index is -0.459. The van der Waals surface area contributed by atoms with Gasteiger partial charge in [-0.2, -0.15) is 0 Å². The number of rotatable bonds is 6. The minimum absolute atomic E-state index is 0.135. The second-order valence-corrected chi connectivity index (χ2v) is 8.23. The molecule has 2 rings (SSSR count). The van der Waals surface area contributed by atoms with Crippen LogP contribution in [0.3, 0.4) is 0 Å². The molecule has 4 nitrogen and oxygen atoms in total. The summed E-state index contributed by atoms with van der Waals surface area (Å²) in [6.07, 6.45) is 2.01. The molecule has 1 atom stereocenters. The molecule has 0 spiro atoms. The summed E-state index contributed by atoms with van der Waals surface area (Å²) < 4.78 is 6.12. The third kappa shape index (κ3) is 6.24. The highest BCUT2D eigenvalue weighted by Crippen LogP contribution is 2.32. The molecule has 1 saturated carbocycles. The highest BCUT2D eigenvalue weighted by molar-refractivity contribution is 7.16. The van der Waals surface area contributed by atoms with Crippen molar-refractivity contribution in [3.05, 3.63) is 21.3 Å². The Bertz CT molecular complexity index is 480. The normalized spacial score (nSPS) is 16.6. The quantitative estimate of drug-likeness (QED) is 0.834. The number of hydrogen-bond donors (Lipinski definition) is 2. The molecule has 1 amide bonds. The first kappa shape index (κ1) is 16.6. The van der Waals surface area contributed by atoms with Gasteiger partial charge in [0.05, 0.1) is 4.34 Å². The maximum absolute atomic E-state index is 11.9. The van der Waals surface area contributed by atoms with Gasteiger partial charge in [-0.1, -0.05) is 11.6 Å². The Hall–Kier alpha value is -0.780. The van der Waals surface area contributed by atoms with Crippen molar-refractivity contribution in [3.8, 4) is 0 Å². The molecule has 1 heterocycles. The number of amides is 1. The number of ether oxygens (including phenoxy) is 1. The predicted octanol–water partition coefficient (Wildman–Crippen LogP) is 3.79. The molecular weight excluding hydrogens is 308 g/mol. The Kier molecular flexibility index (Phi) is 5.52. The van der Waals surface area contributed by atoms with Crippen molar-refractivity contribution >= 4 is 29.0 Å². The second kappa shape index (κ2) is 6.99. The smallest absolute Gasteiger partial charge is 0.407 e. The molecule has 1 aliphatic rings. The maximum atomic E-state index is 11.9. The van der Waals surface area contributed by atoms with Gasteiger partial charge in [0.2, 0.25) is 0 Å². The van der Waals surface area contributed by atoms with Crippen LogP contribution in [0.15, 0.2) is 12.1 Å². The van der Waals surface area contributed by atoms with Gasteiger partial charge in [-0.25, -0.2) is 4.79 Å². The highest BCUT2D eigenvalue weighted by atomic mass is 35.5. The van der Waals surface area contributed by atoms with E-state index in [9.17, 15) is 4.79 Å². The molecule has 0 saturated heterocycles. The van der Waals surface area contributed by atoms with Crippen molar-refractivity contribution in [2.45, 2.75) is 51.8 Å². The van der Waals surface area contributed by atoms with Crippen molar-refractivity contribution in [1.82, 2.24) is 10.6 Å². The molecule has 1 aromatic heterocycles. The van der Waals surface area contributed by atoms with Crippen LogP contribution in [-0.4, -0.2) is 24.3 Å². The van der Waals surface area contributed by atoms with Crippen LogP contribution in [0.1, 0.15) is 38.5 Å². The van der Waals surface area contributed by atoms with Crippen molar-refractivity contribution in [3.63, 3.8) is 0 Å². The molecule has 2 N–H and O–H groups in total. The van der Waals surface area contributed by atoms with Crippen molar-refractivity contribution in [2.75, 3.05) is 6.54 Å². The van der Waals surface area contributed by atoms with E-state index in [0.717, 1.165) is 17.4 Å². The maximum Gasteiger partial charge on any atom is 0.407 e. The number of carbonyl (C=O) groups is 1. The van der Waals surface area contributed by atoms with E-state index in [0.29, 0.717) is 5.92 Å². The Morgan fingerprint density at radius 2 is 2.19 bits per heavy atom. The van der Waals surface area contributed by atoms with Crippen LogP contribution < -0.4 is 10.6 Å². The van der Waals surface area contributed by atoms with E-state index in [2.05, 4.69) is 10.6 Å². The molecule has 1 aromatic rings. The van der Waals surface area contributed by atoms with Gasteiger partial charge in [-0.15, -0.1) is 11.3 Å². The molecule has 6 heteroatoms. The monoisotopic (exact) mass is 330 g/mol. The van der Waals surface area contributed by atoms with E-state index < -0.39 is 5.60 Å². The standard InChI is InChI=1S/C15H23ClN2O2S/c1-15(2,3)20-14(19)18-12(10-4-5-10)9-17-8-11-6-7-13(16)21-11/h6-7,10,12,17H,4-5,8-9H2,1-3H3,(H,18,19). The number of alkyl carbamates (subject to hydrolysis) is 1. The van der Waals surface area contributed by atoms with Gasteiger partial charge in [0.15, 0.2) is 0 Å². The number of halogens is 1. The Labute approximate surface area is 135 Å². The largest absolute Gasteiger partial charge is 0.444 e.